The topological polar surface area (TPSA) is 87.2 Å². The number of aromatic amines is 1. The highest BCUT2D eigenvalue weighted by atomic mass is 16.5. The number of rotatable bonds is 3. The van der Waals surface area contributed by atoms with E-state index in [1.54, 1.807) is 0 Å². The fourth-order valence-electron chi connectivity index (χ4n) is 4.13. The van der Waals surface area contributed by atoms with Crippen molar-refractivity contribution in [1.82, 2.24) is 10.2 Å². The maximum absolute atomic E-state index is 12.4. The van der Waals surface area contributed by atoms with Crippen LogP contribution < -0.4 is 10.1 Å². The van der Waals surface area contributed by atoms with Crippen LogP contribution in [0.15, 0.2) is 48.5 Å². The van der Waals surface area contributed by atoms with Crippen molar-refractivity contribution >= 4 is 11.8 Å². The Labute approximate surface area is 156 Å². The summed E-state index contributed by atoms with van der Waals surface area (Å²) < 4.78 is 6.14. The van der Waals surface area contributed by atoms with Gasteiger partial charge in [0.25, 0.3) is 0 Å². The zero-order chi connectivity index (χ0) is 18.6. The van der Waals surface area contributed by atoms with Crippen molar-refractivity contribution in [3.63, 3.8) is 0 Å². The summed E-state index contributed by atoms with van der Waals surface area (Å²) in [5.41, 5.74) is 2.85. The van der Waals surface area contributed by atoms with Crippen LogP contribution in [-0.4, -0.2) is 21.3 Å². The molecule has 3 N–H and O–H groups in total. The van der Waals surface area contributed by atoms with Crippen molar-refractivity contribution in [3.05, 3.63) is 65.2 Å². The number of H-pyrrole nitrogens is 1. The van der Waals surface area contributed by atoms with Crippen LogP contribution in [0.4, 0.5) is 5.82 Å². The van der Waals surface area contributed by atoms with Crippen molar-refractivity contribution in [1.29, 1.82) is 0 Å². The molecule has 0 aliphatic carbocycles. The molecule has 2 unspecified atom stereocenters. The van der Waals surface area contributed by atoms with E-state index in [9.17, 15) is 9.90 Å². The number of fused-ring (bicyclic) bond motifs is 6. The van der Waals surface area contributed by atoms with Gasteiger partial charge in [-0.1, -0.05) is 49.4 Å². The van der Waals surface area contributed by atoms with E-state index in [0.29, 0.717) is 29.2 Å². The predicted octanol–water partition coefficient (Wildman–Crippen LogP) is 3.87. The minimum Gasteiger partial charge on any atom is -0.478 e. The molecule has 2 atom stereocenters. The Kier molecular flexibility index (Phi) is 3.31. The molecule has 6 heteroatoms. The van der Waals surface area contributed by atoms with Crippen molar-refractivity contribution in [3.8, 4) is 17.0 Å². The number of carbonyl (C=O) groups is 1. The first-order chi connectivity index (χ1) is 13.1. The number of aryl methyl sites for hydroxylation is 1. The summed E-state index contributed by atoms with van der Waals surface area (Å²) >= 11 is 0. The van der Waals surface area contributed by atoms with Crippen LogP contribution in [0.25, 0.3) is 11.3 Å². The second-order valence-corrected chi connectivity index (χ2v) is 7.05. The van der Waals surface area contributed by atoms with E-state index in [0.717, 1.165) is 17.5 Å². The van der Waals surface area contributed by atoms with E-state index in [2.05, 4.69) is 22.4 Å². The highest BCUT2D eigenvalue weighted by Gasteiger charge is 2.55. The summed E-state index contributed by atoms with van der Waals surface area (Å²) in [7, 11) is 0. The predicted molar refractivity (Wildman–Crippen MR) is 101 cm³/mol. The van der Waals surface area contributed by atoms with Crippen LogP contribution in [0.2, 0.25) is 0 Å². The van der Waals surface area contributed by atoms with Gasteiger partial charge in [-0.3, -0.25) is 5.10 Å². The van der Waals surface area contributed by atoms with E-state index in [1.165, 1.54) is 5.56 Å². The molecular weight excluding hydrogens is 342 g/mol. The molecule has 2 aliphatic rings. The summed E-state index contributed by atoms with van der Waals surface area (Å²) in [5, 5.41) is 21.0. The van der Waals surface area contributed by atoms with Gasteiger partial charge in [0.1, 0.15) is 5.75 Å². The van der Waals surface area contributed by atoms with Crippen LogP contribution in [-0.2, 0) is 16.8 Å². The number of hydrogen-bond donors (Lipinski definition) is 3. The number of carboxylic acids is 1. The lowest BCUT2D eigenvalue weighted by molar-refractivity contribution is -0.159. The SMILES string of the molecule is CCc1ccc(-c2[nH]nc3c2C2(C(=O)O)CC(N3)c3ccccc3O2)cc1. The quantitative estimate of drug-likeness (QED) is 0.659. The smallest absolute Gasteiger partial charge is 0.353 e. The molecule has 6 nitrogen and oxygen atoms in total. The van der Waals surface area contributed by atoms with Gasteiger partial charge in [-0.2, -0.15) is 5.10 Å². The van der Waals surface area contributed by atoms with Gasteiger partial charge in [0.15, 0.2) is 5.82 Å². The molecule has 3 heterocycles. The highest BCUT2D eigenvalue weighted by Crippen LogP contribution is 2.53. The van der Waals surface area contributed by atoms with Crippen LogP contribution in [0, 0.1) is 0 Å². The largest absolute Gasteiger partial charge is 0.478 e. The number of hydrogen-bond acceptors (Lipinski definition) is 4. The van der Waals surface area contributed by atoms with Crippen LogP contribution in [0.1, 0.15) is 36.1 Å². The van der Waals surface area contributed by atoms with Crippen LogP contribution in [0.3, 0.4) is 0 Å². The zero-order valence-electron chi connectivity index (χ0n) is 14.8. The number of carboxylic acid groups (broad SMARTS) is 1. The summed E-state index contributed by atoms with van der Waals surface area (Å²) in [6, 6.07) is 15.5. The molecule has 0 spiro atoms. The number of ether oxygens (including phenoxy) is 1. The number of aliphatic carboxylic acids is 1. The molecule has 5 rings (SSSR count). The number of nitrogens with zero attached hydrogens (tertiary/aromatic N) is 1. The molecule has 0 amide bonds. The molecule has 27 heavy (non-hydrogen) atoms. The van der Waals surface area contributed by atoms with Crippen molar-refractivity contribution in [2.45, 2.75) is 31.4 Å². The maximum Gasteiger partial charge on any atom is 0.353 e. The molecule has 0 saturated carbocycles. The Hall–Kier alpha value is -3.28. The molecule has 3 aromatic rings. The van der Waals surface area contributed by atoms with E-state index < -0.39 is 11.6 Å². The van der Waals surface area contributed by atoms with E-state index in [-0.39, 0.29) is 6.04 Å². The fraction of sp³-hybridized carbons (Fsp3) is 0.238. The minimum atomic E-state index is -1.47. The third-order valence-corrected chi connectivity index (χ3v) is 5.55. The Morgan fingerprint density at radius 3 is 2.78 bits per heavy atom. The minimum absolute atomic E-state index is 0.155. The van der Waals surface area contributed by atoms with Gasteiger partial charge < -0.3 is 15.2 Å². The van der Waals surface area contributed by atoms with Gasteiger partial charge in [-0.25, -0.2) is 4.79 Å². The number of benzene rings is 2. The molecule has 1 aromatic heterocycles. The lowest BCUT2D eigenvalue weighted by atomic mass is 9.78. The second-order valence-electron chi connectivity index (χ2n) is 7.05. The third-order valence-electron chi connectivity index (χ3n) is 5.55. The number of para-hydroxylation sites is 1. The zero-order valence-corrected chi connectivity index (χ0v) is 14.8. The van der Waals surface area contributed by atoms with Crippen molar-refractivity contribution in [2.75, 3.05) is 5.32 Å². The van der Waals surface area contributed by atoms with Crippen LogP contribution in [0.5, 0.6) is 5.75 Å². The van der Waals surface area contributed by atoms with Gasteiger partial charge in [-0.15, -0.1) is 0 Å². The average Bonchev–Trinajstić information content (AvgIpc) is 3.12. The maximum atomic E-state index is 12.4. The molecule has 136 valence electrons. The molecule has 0 fully saturated rings. The van der Waals surface area contributed by atoms with Crippen molar-refractivity contribution in [2.24, 2.45) is 0 Å². The van der Waals surface area contributed by atoms with Gasteiger partial charge in [-0.05, 0) is 18.1 Å². The standard InChI is InChI=1S/C21H19N3O3/c1-2-12-7-9-13(10-8-12)18-17-19(24-23-18)22-15-11-21(17,20(25)26)27-16-6-4-3-5-14(15)16/h3-10,15H,2,11H2,1H3,(H,25,26)(H2,22,23,24). The fourth-order valence-corrected chi connectivity index (χ4v) is 4.13. The van der Waals surface area contributed by atoms with E-state index in [1.807, 2.05) is 48.5 Å². The molecule has 2 aromatic carbocycles. The van der Waals surface area contributed by atoms with Gasteiger partial charge in [0, 0.05) is 17.5 Å². The number of aromatic nitrogens is 2. The average molecular weight is 361 g/mol. The highest BCUT2D eigenvalue weighted by molar-refractivity contribution is 5.88. The van der Waals surface area contributed by atoms with Crippen molar-refractivity contribution < 1.29 is 14.6 Å². The Morgan fingerprint density at radius 2 is 2.04 bits per heavy atom. The normalized spacial score (nSPS) is 22.2. The molecule has 2 aliphatic heterocycles. The van der Waals surface area contributed by atoms with Gasteiger partial charge >= 0.3 is 5.97 Å². The Bertz CT molecular complexity index is 1040. The van der Waals surface area contributed by atoms with Gasteiger partial charge in [0.05, 0.1) is 17.3 Å². The summed E-state index contributed by atoms with van der Waals surface area (Å²) in [5.74, 6) is 0.137. The monoisotopic (exact) mass is 361 g/mol. The summed E-state index contributed by atoms with van der Waals surface area (Å²) in [6.07, 6.45) is 1.26. The lowest BCUT2D eigenvalue weighted by Gasteiger charge is -2.43. The Morgan fingerprint density at radius 1 is 1.26 bits per heavy atom. The number of nitrogens with one attached hydrogen (secondary N) is 2. The first-order valence-electron chi connectivity index (χ1n) is 9.08. The van der Waals surface area contributed by atoms with E-state index in [4.69, 9.17) is 4.74 Å². The summed E-state index contributed by atoms with van der Waals surface area (Å²) in [4.78, 5) is 12.4. The first-order valence-corrected chi connectivity index (χ1v) is 9.08. The van der Waals surface area contributed by atoms with E-state index >= 15 is 0 Å². The third kappa shape index (κ3) is 2.19. The number of anilines is 1. The molecular formula is C21H19N3O3. The molecule has 2 bridgehead atoms. The van der Waals surface area contributed by atoms with Gasteiger partial charge in [0.2, 0.25) is 5.60 Å². The second kappa shape index (κ2) is 5.61. The molecule has 0 radical (unpaired) electrons. The molecule has 0 saturated heterocycles. The Balaban J connectivity index is 1.70. The van der Waals surface area contributed by atoms with Crippen LogP contribution >= 0.6 is 0 Å². The summed E-state index contributed by atoms with van der Waals surface area (Å²) in [6.45, 7) is 2.10. The first kappa shape index (κ1) is 15.9. The lowest BCUT2D eigenvalue weighted by Crippen LogP contribution is -2.49.